The number of hydrogen-bond acceptors (Lipinski definition) is 7. The fourth-order valence-corrected chi connectivity index (χ4v) is 1.97. The summed E-state index contributed by atoms with van der Waals surface area (Å²) >= 11 is 0. The largest absolute Gasteiger partial charge is 0.508 e. The van der Waals surface area contributed by atoms with E-state index in [1.54, 1.807) is 24.3 Å². The molecule has 0 spiro atoms. The predicted octanol–water partition coefficient (Wildman–Crippen LogP) is 1.22. The van der Waals surface area contributed by atoms with Gasteiger partial charge in [0.2, 0.25) is 5.89 Å². The van der Waals surface area contributed by atoms with Crippen molar-refractivity contribution in [1.82, 2.24) is 10.1 Å². The molecule has 1 saturated heterocycles. The SMILES string of the molecule is Oc1ccc(NCc2nc(N3CCOCC3)no2)cc1. The lowest BCUT2D eigenvalue weighted by Crippen LogP contribution is -2.36. The summed E-state index contributed by atoms with van der Waals surface area (Å²) in [5, 5.41) is 16.3. The lowest BCUT2D eigenvalue weighted by Gasteiger charge is -2.24. The Labute approximate surface area is 116 Å². The van der Waals surface area contributed by atoms with Crippen LogP contribution in [0.15, 0.2) is 28.8 Å². The number of rotatable bonds is 4. The highest BCUT2D eigenvalue weighted by molar-refractivity contribution is 5.45. The van der Waals surface area contributed by atoms with Crippen LogP contribution in [-0.4, -0.2) is 41.6 Å². The molecule has 0 aliphatic carbocycles. The number of phenols is 1. The van der Waals surface area contributed by atoms with Crippen LogP contribution in [0.2, 0.25) is 0 Å². The van der Waals surface area contributed by atoms with Gasteiger partial charge in [0.15, 0.2) is 0 Å². The number of nitrogens with one attached hydrogen (secondary N) is 1. The summed E-state index contributed by atoms with van der Waals surface area (Å²) < 4.78 is 10.5. The van der Waals surface area contributed by atoms with E-state index in [-0.39, 0.29) is 5.75 Å². The molecule has 7 nitrogen and oxygen atoms in total. The van der Waals surface area contributed by atoms with Gasteiger partial charge in [-0.05, 0) is 29.4 Å². The molecule has 106 valence electrons. The maximum Gasteiger partial charge on any atom is 0.266 e. The molecule has 1 aromatic heterocycles. The Morgan fingerprint density at radius 1 is 1.20 bits per heavy atom. The van der Waals surface area contributed by atoms with Crippen LogP contribution in [0.25, 0.3) is 0 Å². The molecule has 2 N–H and O–H groups in total. The molecule has 2 heterocycles. The van der Waals surface area contributed by atoms with Gasteiger partial charge in [0.05, 0.1) is 19.8 Å². The van der Waals surface area contributed by atoms with Crippen molar-refractivity contribution >= 4 is 11.6 Å². The van der Waals surface area contributed by atoms with Crippen LogP contribution in [0.4, 0.5) is 11.6 Å². The molecule has 1 fully saturated rings. The molecule has 0 unspecified atom stereocenters. The molecule has 1 aliphatic rings. The first-order chi connectivity index (χ1) is 9.81. The van der Waals surface area contributed by atoms with Crippen molar-refractivity contribution in [2.24, 2.45) is 0 Å². The molecule has 1 aromatic carbocycles. The van der Waals surface area contributed by atoms with Crippen molar-refractivity contribution in [3.8, 4) is 5.75 Å². The molecule has 0 radical (unpaired) electrons. The maximum absolute atomic E-state index is 9.21. The number of phenolic OH excluding ortho intramolecular Hbond substituents is 1. The van der Waals surface area contributed by atoms with E-state index in [1.807, 2.05) is 4.90 Å². The average Bonchev–Trinajstić information content (AvgIpc) is 2.97. The van der Waals surface area contributed by atoms with Crippen molar-refractivity contribution in [3.05, 3.63) is 30.2 Å². The lowest BCUT2D eigenvalue weighted by atomic mass is 10.3. The number of benzene rings is 1. The Hall–Kier alpha value is -2.28. The first kappa shape index (κ1) is 12.7. The first-order valence-corrected chi connectivity index (χ1v) is 6.49. The third-order valence-corrected chi connectivity index (χ3v) is 3.06. The van der Waals surface area contributed by atoms with Crippen LogP contribution >= 0.6 is 0 Å². The number of aromatic hydroxyl groups is 1. The van der Waals surface area contributed by atoms with E-state index < -0.39 is 0 Å². The van der Waals surface area contributed by atoms with E-state index >= 15 is 0 Å². The zero-order chi connectivity index (χ0) is 13.8. The fraction of sp³-hybridized carbons (Fsp3) is 0.385. The highest BCUT2D eigenvalue weighted by Crippen LogP contribution is 2.15. The van der Waals surface area contributed by atoms with Gasteiger partial charge in [-0.3, -0.25) is 0 Å². The second kappa shape index (κ2) is 5.79. The first-order valence-electron chi connectivity index (χ1n) is 6.49. The minimum atomic E-state index is 0.239. The van der Waals surface area contributed by atoms with Gasteiger partial charge in [0.25, 0.3) is 5.95 Å². The van der Waals surface area contributed by atoms with Crippen LogP contribution in [0.5, 0.6) is 5.75 Å². The minimum Gasteiger partial charge on any atom is -0.508 e. The van der Waals surface area contributed by atoms with Gasteiger partial charge >= 0.3 is 0 Å². The topological polar surface area (TPSA) is 83.7 Å². The number of hydrogen-bond donors (Lipinski definition) is 2. The predicted molar refractivity (Wildman–Crippen MR) is 72.8 cm³/mol. The van der Waals surface area contributed by atoms with E-state index in [0.29, 0.717) is 31.6 Å². The Bertz CT molecular complexity index is 549. The summed E-state index contributed by atoms with van der Waals surface area (Å²) in [4.78, 5) is 6.39. The summed E-state index contributed by atoms with van der Waals surface area (Å²) in [6.07, 6.45) is 0. The summed E-state index contributed by atoms with van der Waals surface area (Å²) in [5.41, 5.74) is 0.883. The molecule has 3 rings (SSSR count). The van der Waals surface area contributed by atoms with Crippen LogP contribution in [-0.2, 0) is 11.3 Å². The minimum absolute atomic E-state index is 0.239. The number of ether oxygens (including phenoxy) is 1. The third-order valence-electron chi connectivity index (χ3n) is 3.06. The van der Waals surface area contributed by atoms with E-state index in [0.717, 1.165) is 18.8 Å². The Balaban J connectivity index is 1.58. The summed E-state index contributed by atoms with van der Waals surface area (Å²) in [6, 6.07) is 6.81. The number of morpholine rings is 1. The van der Waals surface area contributed by atoms with Crippen molar-refractivity contribution in [3.63, 3.8) is 0 Å². The van der Waals surface area contributed by atoms with Crippen LogP contribution in [0.3, 0.4) is 0 Å². The van der Waals surface area contributed by atoms with E-state index in [1.165, 1.54) is 0 Å². The molecule has 0 atom stereocenters. The number of nitrogens with zero attached hydrogens (tertiary/aromatic N) is 3. The second-order valence-electron chi connectivity index (χ2n) is 4.49. The van der Waals surface area contributed by atoms with Gasteiger partial charge in [-0.2, -0.15) is 4.98 Å². The van der Waals surface area contributed by atoms with Crippen molar-refractivity contribution in [2.75, 3.05) is 36.5 Å². The molecule has 0 saturated carbocycles. The van der Waals surface area contributed by atoms with E-state index in [2.05, 4.69) is 15.5 Å². The van der Waals surface area contributed by atoms with E-state index in [9.17, 15) is 5.11 Å². The smallest absolute Gasteiger partial charge is 0.266 e. The standard InChI is InChI=1S/C13H16N4O3/c18-11-3-1-10(2-4-11)14-9-12-15-13(16-20-12)17-5-7-19-8-6-17/h1-4,14,18H,5-9H2. The van der Waals surface area contributed by atoms with Crippen LogP contribution in [0.1, 0.15) is 5.89 Å². The van der Waals surface area contributed by atoms with Crippen molar-refractivity contribution in [1.29, 1.82) is 0 Å². The summed E-state index contributed by atoms with van der Waals surface area (Å²) in [6.45, 7) is 3.39. The molecule has 7 heteroatoms. The van der Waals surface area contributed by atoms with Crippen molar-refractivity contribution < 1.29 is 14.4 Å². The highest BCUT2D eigenvalue weighted by atomic mass is 16.5. The molecular formula is C13H16N4O3. The van der Waals surface area contributed by atoms with Gasteiger partial charge in [-0.1, -0.05) is 0 Å². The fourth-order valence-electron chi connectivity index (χ4n) is 1.97. The molecule has 0 amide bonds. The van der Waals surface area contributed by atoms with E-state index in [4.69, 9.17) is 9.26 Å². The van der Waals surface area contributed by atoms with Gasteiger partial charge in [0.1, 0.15) is 5.75 Å². The summed E-state index contributed by atoms with van der Waals surface area (Å²) in [7, 11) is 0. The third kappa shape index (κ3) is 3.00. The highest BCUT2D eigenvalue weighted by Gasteiger charge is 2.16. The van der Waals surface area contributed by atoms with Crippen LogP contribution < -0.4 is 10.2 Å². The van der Waals surface area contributed by atoms with Crippen LogP contribution in [0, 0.1) is 0 Å². The van der Waals surface area contributed by atoms with Gasteiger partial charge in [0, 0.05) is 18.8 Å². The quantitative estimate of drug-likeness (QED) is 0.812. The van der Waals surface area contributed by atoms with Gasteiger partial charge < -0.3 is 24.6 Å². The Morgan fingerprint density at radius 3 is 2.70 bits per heavy atom. The average molecular weight is 276 g/mol. The van der Waals surface area contributed by atoms with Crippen molar-refractivity contribution in [2.45, 2.75) is 6.54 Å². The van der Waals surface area contributed by atoms with Gasteiger partial charge in [-0.25, -0.2) is 0 Å². The number of anilines is 2. The second-order valence-corrected chi connectivity index (χ2v) is 4.49. The molecule has 2 aromatic rings. The maximum atomic E-state index is 9.21. The zero-order valence-electron chi connectivity index (χ0n) is 11.0. The normalized spacial score (nSPS) is 15.3. The molecule has 1 aliphatic heterocycles. The molecule has 0 bridgehead atoms. The Morgan fingerprint density at radius 2 is 1.95 bits per heavy atom. The van der Waals surface area contributed by atoms with Gasteiger partial charge in [-0.15, -0.1) is 0 Å². The molecule has 20 heavy (non-hydrogen) atoms. The monoisotopic (exact) mass is 276 g/mol. The Kier molecular flexibility index (Phi) is 3.69. The number of aromatic nitrogens is 2. The molecular weight excluding hydrogens is 260 g/mol. The summed E-state index contributed by atoms with van der Waals surface area (Å²) in [5.74, 6) is 1.37. The zero-order valence-corrected chi connectivity index (χ0v) is 11.0. The lowest BCUT2D eigenvalue weighted by molar-refractivity contribution is 0.121.